The molecule has 3 heteroatoms. The number of hydrogen-bond donors (Lipinski definition) is 1. The standard InChI is InChI=1S/C11H13FO2/c1-7(8(2)13)11(14)9-4-3-5-10(12)6-9/h3-7,11,14H,1-2H3. The van der Waals surface area contributed by atoms with Gasteiger partial charge in [-0.2, -0.15) is 0 Å². The quantitative estimate of drug-likeness (QED) is 0.803. The summed E-state index contributed by atoms with van der Waals surface area (Å²) in [6, 6.07) is 5.66. The number of rotatable bonds is 3. The third kappa shape index (κ3) is 2.39. The maximum absolute atomic E-state index is 12.8. The molecule has 0 spiro atoms. The number of carbonyl (C=O) groups is 1. The summed E-state index contributed by atoms with van der Waals surface area (Å²) in [5.74, 6) is -1.02. The molecule has 0 bridgehead atoms. The van der Waals surface area contributed by atoms with Crippen LogP contribution in [0.5, 0.6) is 0 Å². The monoisotopic (exact) mass is 196 g/mol. The lowest BCUT2D eigenvalue weighted by atomic mass is 9.94. The Kier molecular flexibility index (Phi) is 3.36. The van der Waals surface area contributed by atoms with Gasteiger partial charge in [0.2, 0.25) is 0 Å². The smallest absolute Gasteiger partial charge is 0.135 e. The summed E-state index contributed by atoms with van der Waals surface area (Å²) in [4.78, 5) is 11.0. The molecular weight excluding hydrogens is 183 g/mol. The van der Waals surface area contributed by atoms with Crippen molar-refractivity contribution in [2.75, 3.05) is 0 Å². The van der Waals surface area contributed by atoms with Crippen LogP contribution in [0.2, 0.25) is 0 Å². The normalized spacial score (nSPS) is 14.9. The molecule has 0 fully saturated rings. The molecule has 0 saturated carbocycles. The first-order valence-electron chi connectivity index (χ1n) is 4.46. The molecule has 1 N–H and O–H groups in total. The summed E-state index contributed by atoms with van der Waals surface area (Å²) in [7, 11) is 0. The molecule has 2 atom stereocenters. The molecule has 1 rings (SSSR count). The van der Waals surface area contributed by atoms with E-state index >= 15 is 0 Å². The Morgan fingerprint density at radius 2 is 2.14 bits per heavy atom. The SMILES string of the molecule is CC(=O)C(C)C(O)c1cccc(F)c1. The van der Waals surface area contributed by atoms with Gasteiger partial charge in [0.25, 0.3) is 0 Å². The molecule has 14 heavy (non-hydrogen) atoms. The number of aliphatic hydroxyl groups excluding tert-OH is 1. The highest BCUT2D eigenvalue weighted by atomic mass is 19.1. The van der Waals surface area contributed by atoms with Crippen molar-refractivity contribution in [3.8, 4) is 0 Å². The second kappa shape index (κ2) is 4.33. The second-order valence-electron chi connectivity index (χ2n) is 3.40. The highest BCUT2D eigenvalue weighted by Gasteiger charge is 2.20. The van der Waals surface area contributed by atoms with E-state index in [2.05, 4.69) is 0 Å². The van der Waals surface area contributed by atoms with Crippen LogP contribution in [0.4, 0.5) is 4.39 Å². The molecule has 2 unspecified atom stereocenters. The Morgan fingerprint density at radius 3 is 2.64 bits per heavy atom. The molecule has 0 radical (unpaired) electrons. The van der Waals surface area contributed by atoms with Crippen molar-refractivity contribution in [1.29, 1.82) is 0 Å². The van der Waals surface area contributed by atoms with E-state index in [1.165, 1.54) is 25.1 Å². The number of carbonyl (C=O) groups excluding carboxylic acids is 1. The van der Waals surface area contributed by atoms with E-state index in [1.807, 2.05) is 0 Å². The van der Waals surface area contributed by atoms with E-state index in [9.17, 15) is 14.3 Å². The van der Waals surface area contributed by atoms with E-state index in [0.717, 1.165) is 0 Å². The second-order valence-corrected chi connectivity index (χ2v) is 3.40. The summed E-state index contributed by atoms with van der Waals surface area (Å²) in [5.41, 5.74) is 0.438. The summed E-state index contributed by atoms with van der Waals surface area (Å²) in [6.07, 6.45) is -0.928. The minimum Gasteiger partial charge on any atom is -0.388 e. The highest BCUT2D eigenvalue weighted by molar-refractivity contribution is 5.78. The molecule has 0 saturated heterocycles. The molecule has 1 aromatic carbocycles. The molecule has 0 heterocycles. The van der Waals surface area contributed by atoms with Crippen LogP contribution in [0.1, 0.15) is 25.5 Å². The van der Waals surface area contributed by atoms with Gasteiger partial charge in [-0.05, 0) is 24.6 Å². The number of benzene rings is 1. The van der Waals surface area contributed by atoms with Crippen LogP contribution < -0.4 is 0 Å². The Morgan fingerprint density at radius 1 is 1.50 bits per heavy atom. The predicted molar refractivity (Wildman–Crippen MR) is 51.2 cm³/mol. The maximum atomic E-state index is 12.8. The van der Waals surface area contributed by atoms with Crippen molar-refractivity contribution >= 4 is 5.78 Å². The third-order valence-corrected chi connectivity index (χ3v) is 2.31. The largest absolute Gasteiger partial charge is 0.388 e. The highest BCUT2D eigenvalue weighted by Crippen LogP contribution is 2.22. The molecule has 0 aromatic heterocycles. The third-order valence-electron chi connectivity index (χ3n) is 2.31. The van der Waals surface area contributed by atoms with Crippen molar-refractivity contribution in [3.63, 3.8) is 0 Å². The van der Waals surface area contributed by atoms with E-state index in [4.69, 9.17) is 0 Å². The Hall–Kier alpha value is -1.22. The molecule has 0 amide bonds. The maximum Gasteiger partial charge on any atom is 0.135 e. The van der Waals surface area contributed by atoms with Crippen LogP contribution in [-0.2, 0) is 4.79 Å². The van der Waals surface area contributed by atoms with Crippen LogP contribution >= 0.6 is 0 Å². The van der Waals surface area contributed by atoms with Crippen molar-refractivity contribution < 1.29 is 14.3 Å². The van der Waals surface area contributed by atoms with Crippen molar-refractivity contribution in [1.82, 2.24) is 0 Å². The summed E-state index contributed by atoms with van der Waals surface area (Å²) in [5, 5.41) is 9.70. The van der Waals surface area contributed by atoms with E-state index < -0.39 is 17.8 Å². The van der Waals surface area contributed by atoms with Gasteiger partial charge >= 0.3 is 0 Å². The van der Waals surface area contributed by atoms with Gasteiger partial charge in [0, 0.05) is 5.92 Å². The fourth-order valence-electron chi connectivity index (χ4n) is 1.20. The Balaban J connectivity index is 2.89. The molecule has 1 aromatic rings. The molecule has 2 nitrogen and oxygen atoms in total. The Labute approximate surface area is 82.4 Å². The van der Waals surface area contributed by atoms with Crippen LogP contribution in [0.25, 0.3) is 0 Å². The predicted octanol–water partition coefficient (Wildman–Crippen LogP) is 2.08. The lowest BCUT2D eigenvalue weighted by molar-refractivity contribution is -0.123. The van der Waals surface area contributed by atoms with Crippen LogP contribution in [0.15, 0.2) is 24.3 Å². The minimum atomic E-state index is -0.928. The minimum absolute atomic E-state index is 0.109. The number of aliphatic hydroxyl groups is 1. The molecule has 0 aliphatic carbocycles. The van der Waals surface area contributed by atoms with E-state index in [1.54, 1.807) is 13.0 Å². The van der Waals surface area contributed by atoms with Gasteiger partial charge < -0.3 is 5.11 Å². The molecular formula is C11H13FO2. The average Bonchev–Trinajstić information content (AvgIpc) is 2.15. The van der Waals surface area contributed by atoms with E-state index in [-0.39, 0.29) is 5.78 Å². The van der Waals surface area contributed by atoms with Gasteiger partial charge in [0.1, 0.15) is 11.6 Å². The molecule has 76 valence electrons. The van der Waals surface area contributed by atoms with Crippen LogP contribution in [0, 0.1) is 11.7 Å². The van der Waals surface area contributed by atoms with E-state index in [0.29, 0.717) is 5.56 Å². The van der Waals surface area contributed by atoms with Crippen molar-refractivity contribution in [3.05, 3.63) is 35.6 Å². The van der Waals surface area contributed by atoms with Gasteiger partial charge in [0.05, 0.1) is 6.10 Å². The fourth-order valence-corrected chi connectivity index (χ4v) is 1.20. The van der Waals surface area contributed by atoms with Crippen molar-refractivity contribution in [2.24, 2.45) is 5.92 Å². The number of Topliss-reactive ketones (excluding diaryl/α,β-unsaturated/α-hetero) is 1. The van der Waals surface area contributed by atoms with Gasteiger partial charge in [-0.15, -0.1) is 0 Å². The zero-order valence-electron chi connectivity index (χ0n) is 8.20. The first-order valence-corrected chi connectivity index (χ1v) is 4.46. The van der Waals surface area contributed by atoms with Crippen LogP contribution in [0.3, 0.4) is 0 Å². The lowest BCUT2D eigenvalue weighted by Crippen LogP contribution is -2.16. The zero-order valence-corrected chi connectivity index (χ0v) is 8.20. The first kappa shape index (κ1) is 10.9. The van der Waals surface area contributed by atoms with Crippen LogP contribution in [-0.4, -0.2) is 10.9 Å². The van der Waals surface area contributed by atoms with Gasteiger partial charge in [-0.1, -0.05) is 19.1 Å². The zero-order chi connectivity index (χ0) is 10.7. The fraction of sp³-hybridized carbons (Fsp3) is 0.364. The summed E-state index contributed by atoms with van der Waals surface area (Å²) < 4.78 is 12.8. The summed E-state index contributed by atoms with van der Waals surface area (Å²) >= 11 is 0. The van der Waals surface area contributed by atoms with Gasteiger partial charge in [-0.25, -0.2) is 4.39 Å². The van der Waals surface area contributed by atoms with Gasteiger partial charge in [-0.3, -0.25) is 4.79 Å². The number of halogens is 1. The number of hydrogen-bond acceptors (Lipinski definition) is 2. The summed E-state index contributed by atoms with van der Waals surface area (Å²) in [6.45, 7) is 3.03. The lowest BCUT2D eigenvalue weighted by Gasteiger charge is -2.16. The first-order chi connectivity index (χ1) is 6.52. The van der Waals surface area contributed by atoms with Gasteiger partial charge in [0.15, 0.2) is 0 Å². The average molecular weight is 196 g/mol. The Bertz CT molecular complexity index is 336. The molecule has 0 aliphatic rings. The molecule has 0 aliphatic heterocycles. The number of ketones is 1. The van der Waals surface area contributed by atoms with Crippen molar-refractivity contribution in [2.45, 2.75) is 20.0 Å². The topological polar surface area (TPSA) is 37.3 Å².